The van der Waals surface area contributed by atoms with Crippen molar-refractivity contribution in [3.05, 3.63) is 53.3 Å². The number of sulfone groups is 1. The molecule has 9 nitrogen and oxygen atoms in total. The Balaban J connectivity index is 1.52. The van der Waals surface area contributed by atoms with E-state index in [0.29, 0.717) is 22.8 Å². The van der Waals surface area contributed by atoms with E-state index in [1.807, 2.05) is 12.1 Å². The highest BCUT2D eigenvalue weighted by molar-refractivity contribution is 7.91. The average Bonchev–Trinajstić information content (AvgIpc) is 3.22. The van der Waals surface area contributed by atoms with Crippen molar-refractivity contribution in [3.8, 4) is 5.75 Å². The Morgan fingerprint density at radius 1 is 1.18 bits per heavy atom. The van der Waals surface area contributed by atoms with Gasteiger partial charge in [0, 0.05) is 18.4 Å². The fourth-order valence-corrected chi connectivity index (χ4v) is 7.09. The maximum Gasteiger partial charge on any atom is 0.350 e. The SMILES string of the molecule is COc1cc(C)c(S(=O)(=O)CC2NC(C(=O)O)ON2C2CCC(c3ccncc3)CC2)c(C)c1. The van der Waals surface area contributed by atoms with Gasteiger partial charge in [0.25, 0.3) is 0 Å². The van der Waals surface area contributed by atoms with Crippen LogP contribution in [0.25, 0.3) is 0 Å². The molecule has 2 unspecified atom stereocenters. The zero-order valence-electron chi connectivity index (χ0n) is 19.6. The number of hydroxylamine groups is 2. The van der Waals surface area contributed by atoms with Gasteiger partial charge in [0.05, 0.1) is 17.8 Å². The Labute approximate surface area is 200 Å². The first kappa shape index (κ1) is 24.6. The number of carboxylic acids is 1. The van der Waals surface area contributed by atoms with Crippen LogP contribution in [0.4, 0.5) is 0 Å². The molecular formula is C24H31N3O6S. The van der Waals surface area contributed by atoms with Gasteiger partial charge in [-0.3, -0.25) is 15.1 Å². The van der Waals surface area contributed by atoms with Gasteiger partial charge in [0.15, 0.2) is 9.84 Å². The number of carboxylic acid groups (broad SMARTS) is 1. The van der Waals surface area contributed by atoms with E-state index >= 15 is 0 Å². The zero-order chi connectivity index (χ0) is 24.5. The van der Waals surface area contributed by atoms with E-state index in [0.717, 1.165) is 25.7 Å². The van der Waals surface area contributed by atoms with Crippen LogP contribution in [0.15, 0.2) is 41.6 Å². The minimum absolute atomic E-state index is 0.0757. The molecule has 2 atom stereocenters. The Morgan fingerprint density at radius 2 is 1.79 bits per heavy atom. The van der Waals surface area contributed by atoms with Crippen LogP contribution < -0.4 is 10.1 Å². The molecule has 34 heavy (non-hydrogen) atoms. The van der Waals surface area contributed by atoms with Gasteiger partial charge in [-0.05, 0) is 86.4 Å². The van der Waals surface area contributed by atoms with Crippen molar-refractivity contribution in [1.29, 1.82) is 0 Å². The number of rotatable bonds is 7. The molecule has 0 amide bonds. The third-order valence-corrected chi connectivity index (χ3v) is 8.71. The van der Waals surface area contributed by atoms with Crippen molar-refractivity contribution in [3.63, 3.8) is 0 Å². The van der Waals surface area contributed by atoms with Crippen LogP contribution in [0.3, 0.4) is 0 Å². The molecule has 2 aliphatic rings. The third kappa shape index (κ3) is 5.10. The number of aliphatic carboxylic acids is 1. The maximum absolute atomic E-state index is 13.5. The van der Waals surface area contributed by atoms with Crippen molar-refractivity contribution in [2.24, 2.45) is 0 Å². The predicted molar refractivity (Wildman–Crippen MR) is 125 cm³/mol. The lowest BCUT2D eigenvalue weighted by molar-refractivity contribution is -0.203. The van der Waals surface area contributed by atoms with Crippen LogP contribution in [0.2, 0.25) is 0 Å². The number of pyridine rings is 1. The summed E-state index contributed by atoms with van der Waals surface area (Å²) < 4.78 is 32.2. The van der Waals surface area contributed by atoms with Crippen molar-refractivity contribution >= 4 is 15.8 Å². The van der Waals surface area contributed by atoms with Crippen LogP contribution >= 0.6 is 0 Å². The topological polar surface area (TPSA) is 118 Å². The fourth-order valence-electron chi connectivity index (χ4n) is 5.16. The quantitative estimate of drug-likeness (QED) is 0.605. The molecule has 2 N–H and O–H groups in total. The number of aryl methyl sites for hydroxylation is 2. The molecule has 1 saturated heterocycles. The van der Waals surface area contributed by atoms with Gasteiger partial charge in [-0.1, -0.05) is 0 Å². The van der Waals surface area contributed by atoms with Crippen molar-refractivity contribution in [2.45, 2.75) is 68.8 Å². The minimum atomic E-state index is -3.74. The average molecular weight is 490 g/mol. The minimum Gasteiger partial charge on any atom is -0.497 e. The summed E-state index contributed by atoms with van der Waals surface area (Å²) in [5.41, 5.74) is 2.42. The summed E-state index contributed by atoms with van der Waals surface area (Å²) in [5, 5.41) is 14.0. The number of carbonyl (C=O) groups is 1. The predicted octanol–water partition coefficient (Wildman–Crippen LogP) is 2.78. The Hall–Kier alpha value is -2.53. The third-order valence-electron chi connectivity index (χ3n) is 6.69. The van der Waals surface area contributed by atoms with Crippen LogP contribution in [0, 0.1) is 13.8 Å². The van der Waals surface area contributed by atoms with E-state index in [9.17, 15) is 18.3 Å². The molecular weight excluding hydrogens is 458 g/mol. The van der Waals surface area contributed by atoms with Crippen molar-refractivity contribution in [1.82, 2.24) is 15.4 Å². The van der Waals surface area contributed by atoms with E-state index in [1.165, 1.54) is 12.7 Å². The second-order valence-corrected chi connectivity index (χ2v) is 11.0. The lowest BCUT2D eigenvalue weighted by atomic mass is 9.82. The molecule has 0 bridgehead atoms. The maximum atomic E-state index is 13.5. The highest BCUT2D eigenvalue weighted by atomic mass is 32.2. The second-order valence-electron chi connectivity index (χ2n) is 9.02. The summed E-state index contributed by atoms with van der Waals surface area (Å²) >= 11 is 0. The first-order valence-corrected chi connectivity index (χ1v) is 13.1. The number of nitrogens with one attached hydrogen (secondary N) is 1. The molecule has 1 saturated carbocycles. The van der Waals surface area contributed by atoms with Crippen molar-refractivity contribution in [2.75, 3.05) is 12.9 Å². The van der Waals surface area contributed by atoms with Gasteiger partial charge < -0.3 is 9.84 Å². The lowest BCUT2D eigenvalue weighted by Gasteiger charge is -2.36. The summed E-state index contributed by atoms with van der Waals surface area (Å²) in [5.74, 6) is -0.478. The molecule has 1 aromatic carbocycles. The lowest BCUT2D eigenvalue weighted by Crippen LogP contribution is -2.47. The number of hydrogen-bond donors (Lipinski definition) is 2. The molecule has 2 fully saturated rings. The van der Waals surface area contributed by atoms with E-state index in [4.69, 9.17) is 9.57 Å². The smallest absolute Gasteiger partial charge is 0.350 e. The molecule has 0 spiro atoms. The zero-order valence-corrected chi connectivity index (χ0v) is 20.4. The van der Waals surface area contributed by atoms with Crippen LogP contribution in [-0.4, -0.2) is 60.8 Å². The second kappa shape index (κ2) is 9.99. The summed E-state index contributed by atoms with van der Waals surface area (Å²) in [7, 11) is -2.21. The van der Waals surface area contributed by atoms with Gasteiger partial charge >= 0.3 is 5.97 Å². The molecule has 1 aliphatic heterocycles. The largest absolute Gasteiger partial charge is 0.497 e. The van der Waals surface area contributed by atoms with Crippen LogP contribution in [0.1, 0.15) is 48.3 Å². The standard InChI is InChI=1S/C24H31N3O6S/c1-15-12-20(32-3)13-16(2)22(15)34(30,31)14-21-26-23(24(28)29)33-27(21)19-6-4-17(5-7-19)18-8-10-25-11-9-18/h8-13,17,19,21,23,26H,4-7,14H2,1-3H3,(H,28,29). The highest BCUT2D eigenvalue weighted by Gasteiger charge is 2.44. The van der Waals surface area contributed by atoms with E-state index < -0.39 is 28.2 Å². The fraction of sp³-hybridized carbons (Fsp3) is 0.500. The van der Waals surface area contributed by atoms with E-state index in [2.05, 4.69) is 10.3 Å². The molecule has 1 aliphatic carbocycles. The molecule has 0 radical (unpaired) electrons. The first-order valence-electron chi connectivity index (χ1n) is 11.4. The molecule has 184 valence electrons. The van der Waals surface area contributed by atoms with Gasteiger partial charge in [0.1, 0.15) is 11.9 Å². The molecule has 2 aromatic rings. The van der Waals surface area contributed by atoms with Gasteiger partial charge in [-0.25, -0.2) is 13.2 Å². The van der Waals surface area contributed by atoms with Crippen molar-refractivity contribution < 1.29 is 27.9 Å². The Morgan fingerprint density at radius 3 is 2.35 bits per heavy atom. The number of benzene rings is 1. The molecule has 2 heterocycles. The van der Waals surface area contributed by atoms with E-state index in [1.54, 1.807) is 43.4 Å². The summed E-state index contributed by atoms with van der Waals surface area (Å²) in [6.45, 7) is 3.47. The Kier molecular flexibility index (Phi) is 7.22. The van der Waals surface area contributed by atoms with Gasteiger partial charge in [-0.15, -0.1) is 0 Å². The number of methoxy groups -OCH3 is 1. The number of ether oxygens (including phenoxy) is 1. The molecule has 10 heteroatoms. The monoisotopic (exact) mass is 489 g/mol. The highest BCUT2D eigenvalue weighted by Crippen LogP contribution is 2.37. The summed E-state index contributed by atoms with van der Waals surface area (Å²) in [6.07, 6.45) is 4.89. The normalized spacial score (nSPS) is 25.9. The number of hydrogen-bond acceptors (Lipinski definition) is 8. The van der Waals surface area contributed by atoms with E-state index in [-0.39, 0.29) is 16.7 Å². The Bertz CT molecular complexity index is 1110. The number of nitrogens with zero attached hydrogens (tertiary/aromatic N) is 2. The number of aromatic nitrogens is 1. The van der Waals surface area contributed by atoms with Crippen LogP contribution in [-0.2, 0) is 19.5 Å². The summed E-state index contributed by atoms with van der Waals surface area (Å²) in [6, 6.07) is 7.35. The molecule has 4 rings (SSSR count). The summed E-state index contributed by atoms with van der Waals surface area (Å²) in [4.78, 5) is 21.7. The first-order chi connectivity index (χ1) is 16.2. The van der Waals surface area contributed by atoms with Gasteiger partial charge in [-0.2, -0.15) is 5.06 Å². The molecule has 1 aromatic heterocycles. The van der Waals surface area contributed by atoms with Gasteiger partial charge in [0.2, 0.25) is 6.23 Å². The van der Waals surface area contributed by atoms with Crippen LogP contribution in [0.5, 0.6) is 5.75 Å².